The van der Waals surface area contributed by atoms with Crippen molar-refractivity contribution in [2.75, 3.05) is 13.1 Å². The van der Waals surface area contributed by atoms with E-state index in [4.69, 9.17) is 18.6 Å². The van der Waals surface area contributed by atoms with Gasteiger partial charge in [0.25, 0.3) is 0 Å². The first-order valence-electron chi connectivity index (χ1n) is 8.47. The second kappa shape index (κ2) is 11.6. The third-order valence-corrected chi connectivity index (χ3v) is 5.73. The van der Waals surface area contributed by atoms with E-state index < -0.39 is 17.0 Å². The number of para-hydroxylation sites is 1. The van der Waals surface area contributed by atoms with E-state index in [-0.39, 0.29) is 0 Å². The van der Waals surface area contributed by atoms with Crippen molar-refractivity contribution >= 4 is 37.8 Å². The molecule has 25 heavy (non-hydrogen) atoms. The van der Waals surface area contributed by atoms with Crippen molar-refractivity contribution in [1.82, 2.24) is 4.90 Å². The summed E-state index contributed by atoms with van der Waals surface area (Å²) in [5, 5.41) is 12.4. The number of aryl methyl sites for hydroxylation is 1. The first kappa shape index (κ1) is 21.2. The molecule has 0 aromatic heterocycles. The molecular formula is C19H24Cl2NOPTi. The molecule has 1 atom stereocenters. The van der Waals surface area contributed by atoms with Crippen molar-refractivity contribution in [3.8, 4) is 5.75 Å². The molecule has 1 aliphatic rings. The van der Waals surface area contributed by atoms with Crippen LogP contribution >= 0.6 is 27.2 Å². The minimum absolute atomic E-state index is 0.408. The summed E-state index contributed by atoms with van der Waals surface area (Å²) in [5.41, 5.74) is 2.74. The average Bonchev–Trinajstić information content (AvgIpc) is 2.61. The van der Waals surface area contributed by atoms with E-state index in [0.717, 1.165) is 11.8 Å². The van der Waals surface area contributed by atoms with Gasteiger partial charge in [-0.1, -0.05) is 57.0 Å². The number of likely N-dealkylation sites (tertiary alicyclic amines) is 1. The van der Waals surface area contributed by atoms with E-state index in [0.29, 0.717) is 14.3 Å². The normalized spacial score (nSPS) is 15.0. The van der Waals surface area contributed by atoms with Crippen LogP contribution in [0.1, 0.15) is 30.4 Å². The number of nitrogens with zero attached hydrogens (tertiary/aromatic N) is 1. The summed E-state index contributed by atoms with van der Waals surface area (Å²) in [7, 11) is 10.3. The third-order valence-electron chi connectivity index (χ3n) is 4.28. The number of hydrogen-bond donors (Lipinski definition) is 1. The quantitative estimate of drug-likeness (QED) is 0.560. The van der Waals surface area contributed by atoms with Crippen LogP contribution < -0.4 is 10.6 Å². The fourth-order valence-electron chi connectivity index (χ4n) is 3.06. The third kappa shape index (κ3) is 7.21. The van der Waals surface area contributed by atoms with Gasteiger partial charge in [0.15, 0.2) is 0 Å². The Hall–Kier alpha value is -0.0757. The van der Waals surface area contributed by atoms with Gasteiger partial charge in [0, 0.05) is 11.8 Å². The van der Waals surface area contributed by atoms with Crippen molar-refractivity contribution < 1.29 is 22.1 Å². The summed E-state index contributed by atoms with van der Waals surface area (Å²) in [4.78, 5) is 2.57. The Labute approximate surface area is 169 Å². The van der Waals surface area contributed by atoms with Gasteiger partial charge in [-0.15, -0.1) is 0 Å². The SMILES string of the molecule is Cc1ccc(Pc2ccccc2O)c(CN2CCCCC2)c1.[Cl][Ti][Cl]. The first-order chi connectivity index (χ1) is 12.1. The molecule has 1 unspecified atom stereocenters. The van der Waals surface area contributed by atoms with E-state index >= 15 is 0 Å². The Kier molecular flexibility index (Phi) is 9.85. The van der Waals surface area contributed by atoms with E-state index in [1.165, 1.54) is 48.8 Å². The van der Waals surface area contributed by atoms with Crippen LogP contribution in [0.4, 0.5) is 0 Å². The van der Waals surface area contributed by atoms with Crippen molar-refractivity contribution in [1.29, 1.82) is 0 Å². The van der Waals surface area contributed by atoms with Crippen LogP contribution in [-0.4, -0.2) is 23.1 Å². The molecule has 1 aliphatic heterocycles. The maximum atomic E-state index is 10.0. The van der Waals surface area contributed by atoms with E-state index in [1.54, 1.807) is 6.07 Å². The standard InChI is InChI=1S/C19H24NOP.2ClH.Ti/c1-15-9-10-18(22-19-8-4-3-7-17(19)21)16(13-15)14-20-11-5-2-6-12-20;;;/h3-4,7-10,13,21-22H,2,5-6,11-12,14H2,1H3;2*1H;/q;;;+2/p-2. The predicted octanol–water partition coefficient (Wildman–Crippen LogP) is 4.69. The van der Waals surface area contributed by atoms with Crippen LogP contribution in [0.3, 0.4) is 0 Å². The van der Waals surface area contributed by atoms with Gasteiger partial charge >= 0.3 is 35.6 Å². The molecule has 0 spiro atoms. The van der Waals surface area contributed by atoms with Gasteiger partial charge in [0.1, 0.15) is 5.75 Å². The summed E-state index contributed by atoms with van der Waals surface area (Å²) in [5.74, 6) is 0.408. The summed E-state index contributed by atoms with van der Waals surface area (Å²) in [6, 6.07) is 14.4. The fraction of sp³-hybridized carbons (Fsp3) is 0.368. The van der Waals surface area contributed by atoms with Crippen LogP contribution in [0, 0.1) is 6.92 Å². The molecule has 3 rings (SSSR count). The first-order valence-corrected chi connectivity index (χ1v) is 13.8. The molecule has 0 radical (unpaired) electrons. The van der Waals surface area contributed by atoms with Gasteiger partial charge in [-0.25, -0.2) is 0 Å². The second-order valence-electron chi connectivity index (χ2n) is 6.21. The number of piperidine rings is 1. The molecule has 2 aromatic carbocycles. The molecule has 134 valence electrons. The van der Waals surface area contributed by atoms with E-state index in [1.807, 2.05) is 18.2 Å². The van der Waals surface area contributed by atoms with E-state index in [2.05, 4.69) is 30.0 Å². The molecule has 1 saturated heterocycles. The zero-order valence-corrected chi connectivity index (χ0v) is 18.5. The zero-order valence-electron chi connectivity index (χ0n) is 14.4. The fourth-order valence-corrected chi connectivity index (χ4v) is 4.22. The summed E-state index contributed by atoms with van der Waals surface area (Å²) in [6.07, 6.45) is 4.02. The predicted molar refractivity (Wildman–Crippen MR) is 108 cm³/mol. The monoisotopic (exact) mass is 431 g/mol. The van der Waals surface area contributed by atoms with Gasteiger partial charge in [-0.3, -0.25) is 4.90 Å². The molecular weight excluding hydrogens is 408 g/mol. The average molecular weight is 432 g/mol. The molecule has 0 amide bonds. The van der Waals surface area contributed by atoms with E-state index in [9.17, 15) is 5.11 Å². The summed E-state index contributed by atoms with van der Waals surface area (Å²) in [6.45, 7) is 5.63. The zero-order chi connectivity index (χ0) is 18.1. The number of phenolic OH excluding ortho intramolecular Hbond substituents is 1. The van der Waals surface area contributed by atoms with Gasteiger partial charge in [-0.2, -0.15) is 0 Å². The van der Waals surface area contributed by atoms with Gasteiger partial charge in [-0.05, 0) is 49.8 Å². The summed E-state index contributed by atoms with van der Waals surface area (Å²) < 4.78 is 0. The van der Waals surface area contributed by atoms with Crippen molar-refractivity contribution in [3.63, 3.8) is 0 Å². The van der Waals surface area contributed by atoms with Crippen LogP contribution in [-0.2, 0) is 23.6 Å². The number of aromatic hydroxyl groups is 1. The number of hydrogen-bond acceptors (Lipinski definition) is 2. The van der Waals surface area contributed by atoms with Crippen molar-refractivity contribution in [2.24, 2.45) is 0 Å². The number of rotatable bonds is 4. The van der Waals surface area contributed by atoms with Crippen molar-refractivity contribution in [3.05, 3.63) is 53.6 Å². The Bertz CT molecular complexity index is 666. The Balaban J connectivity index is 0.000000701. The Morgan fingerprint density at radius 1 is 1.04 bits per heavy atom. The number of phenols is 1. The number of benzene rings is 2. The van der Waals surface area contributed by atoms with Crippen LogP contribution in [0.5, 0.6) is 5.75 Å². The van der Waals surface area contributed by atoms with Crippen molar-refractivity contribution in [2.45, 2.75) is 32.7 Å². The molecule has 0 saturated carbocycles. The molecule has 1 N–H and O–H groups in total. The molecule has 2 nitrogen and oxygen atoms in total. The molecule has 1 fully saturated rings. The molecule has 0 bridgehead atoms. The number of halogens is 2. The van der Waals surface area contributed by atoms with Crippen LogP contribution in [0.25, 0.3) is 0 Å². The minimum atomic E-state index is -0.556. The Morgan fingerprint density at radius 2 is 1.72 bits per heavy atom. The molecule has 2 aromatic rings. The van der Waals surface area contributed by atoms with Gasteiger partial charge < -0.3 is 5.11 Å². The second-order valence-corrected chi connectivity index (χ2v) is 10.1. The topological polar surface area (TPSA) is 23.5 Å². The Morgan fingerprint density at radius 3 is 2.40 bits per heavy atom. The van der Waals surface area contributed by atoms with Crippen LogP contribution in [0.2, 0.25) is 0 Å². The van der Waals surface area contributed by atoms with Crippen LogP contribution in [0.15, 0.2) is 42.5 Å². The van der Waals surface area contributed by atoms with Gasteiger partial charge in [0.05, 0.1) is 0 Å². The maximum absolute atomic E-state index is 10.0. The molecule has 0 aliphatic carbocycles. The molecule has 1 heterocycles. The summed E-state index contributed by atoms with van der Waals surface area (Å²) >= 11 is -0.556. The molecule has 6 heteroatoms. The van der Waals surface area contributed by atoms with Gasteiger partial charge in [0.2, 0.25) is 0 Å².